The number of nitrogens with zero attached hydrogens (tertiary/aromatic N) is 1. The molecule has 0 radical (unpaired) electrons. The second kappa shape index (κ2) is 6.23. The molecule has 7 nitrogen and oxygen atoms in total. The van der Waals surface area contributed by atoms with E-state index in [-0.39, 0.29) is 17.1 Å². The van der Waals surface area contributed by atoms with Crippen LogP contribution in [-0.2, 0) is 26.0 Å². The van der Waals surface area contributed by atoms with Crippen LogP contribution in [0.2, 0.25) is 0 Å². The molecule has 0 aliphatic carbocycles. The Hall–Kier alpha value is -0.930. The number of methoxy groups -OCH3 is 2. The van der Waals surface area contributed by atoms with E-state index in [4.69, 9.17) is 9.47 Å². The average Bonchev–Trinajstić information content (AvgIpc) is 3.05. The van der Waals surface area contributed by atoms with Gasteiger partial charge in [-0.1, -0.05) is 0 Å². The van der Waals surface area contributed by atoms with E-state index >= 15 is 0 Å². The summed E-state index contributed by atoms with van der Waals surface area (Å²) in [6.07, 6.45) is 1.06. The molecule has 2 rings (SSSR count). The fourth-order valence-electron chi connectivity index (χ4n) is 2.37. The van der Waals surface area contributed by atoms with Gasteiger partial charge in [0.05, 0.1) is 17.1 Å². The van der Waals surface area contributed by atoms with Crippen molar-refractivity contribution < 1.29 is 17.9 Å². The lowest BCUT2D eigenvalue weighted by Crippen LogP contribution is -2.30. The second-order valence-corrected chi connectivity index (χ2v) is 6.70. The van der Waals surface area contributed by atoms with Crippen LogP contribution in [0.15, 0.2) is 17.2 Å². The zero-order valence-corrected chi connectivity index (χ0v) is 12.7. The van der Waals surface area contributed by atoms with Gasteiger partial charge in [-0.25, -0.2) is 8.42 Å². The molecular formula is C12H21N3O4S. The standard InChI is InChI=1S/C12H21N3O4S/c1-13-5-9-4-10(6-14-9)20(16,17)15-7-11(18-2)12(8-15)19-3/h4,6,11-14H,5,7-8H2,1-3H3. The maximum absolute atomic E-state index is 12.5. The summed E-state index contributed by atoms with van der Waals surface area (Å²) in [4.78, 5) is 3.23. The summed E-state index contributed by atoms with van der Waals surface area (Å²) >= 11 is 0. The number of hydrogen-bond acceptors (Lipinski definition) is 5. The third kappa shape index (κ3) is 2.89. The zero-order chi connectivity index (χ0) is 14.8. The van der Waals surface area contributed by atoms with Crippen molar-refractivity contribution in [3.8, 4) is 0 Å². The highest BCUT2D eigenvalue weighted by Crippen LogP contribution is 2.24. The summed E-state index contributed by atoms with van der Waals surface area (Å²) in [5, 5.41) is 2.97. The topological polar surface area (TPSA) is 83.7 Å². The Labute approximate surface area is 119 Å². The molecule has 1 aromatic rings. The Morgan fingerprint density at radius 2 is 1.95 bits per heavy atom. The van der Waals surface area contributed by atoms with Gasteiger partial charge in [0.25, 0.3) is 0 Å². The van der Waals surface area contributed by atoms with E-state index in [1.165, 1.54) is 10.5 Å². The first-order valence-electron chi connectivity index (χ1n) is 6.40. The highest BCUT2D eigenvalue weighted by molar-refractivity contribution is 7.89. The molecule has 1 fully saturated rings. The molecule has 1 aliphatic rings. The molecule has 1 aromatic heterocycles. The highest BCUT2D eigenvalue weighted by Gasteiger charge is 2.40. The van der Waals surface area contributed by atoms with Gasteiger partial charge < -0.3 is 19.8 Å². The normalized spacial score (nSPS) is 24.4. The van der Waals surface area contributed by atoms with Crippen molar-refractivity contribution >= 4 is 10.0 Å². The largest absolute Gasteiger partial charge is 0.377 e. The van der Waals surface area contributed by atoms with Crippen LogP contribution in [0.4, 0.5) is 0 Å². The van der Waals surface area contributed by atoms with E-state index in [2.05, 4.69) is 10.3 Å². The summed E-state index contributed by atoms with van der Waals surface area (Å²) in [6, 6.07) is 1.65. The molecule has 2 N–H and O–H groups in total. The Bertz CT molecular complexity index is 531. The fourth-order valence-corrected chi connectivity index (χ4v) is 3.85. The summed E-state index contributed by atoms with van der Waals surface area (Å²) in [5.41, 5.74) is 0.830. The van der Waals surface area contributed by atoms with Crippen LogP contribution >= 0.6 is 0 Å². The molecule has 2 atom stereocenters. The number of nitrogens with one attached hydrogen (secondary N) is 2. The molecular weight excluding hydrogens is 282 g/mol. The van der Waals surface area contributed by atoms with E-state index in [0.29, 0.717) is 19.6 Å². The van der Waals surface area contributed by atoms with Crippen LogP contribution < -0.4 is 5.32 Å². The summed E-state index contributed by atoms with van der Waals surface area (Å²) in [5.74, 6) is 0. The molecule has 2 heterocycles. The van der Waals surface area contributed by atoms with Crippen molar-refractivity contribution in [1.29, 1.82) is 0 Å². The van der Waals surface area contributed by atoms with Crippen molar-refractivity contribution in [3.63, 3.8) is 0 Å². The van der Waals surface area contributed by atoms with E-state index in [1.54, 1.807) is 20.3 Å². The van der Waals surface area contributed by atoms with Gasteiger partial charge in [0.15, 0.2) is 0 Å². The van der Waals surface area contributed by atoms with Gasteiger partial charge in [-0.3, -0.25) is 0 Å². The Morgan fingerprint density at radius 1 is 1.35 bits per heavy atom. The highest BCUT2D eigenvalue weighted by atomic mass is 32.2. The predicted octanol–water partition coefficient (Wildman–Crippen LogP) is -0.232. The first-order valence-corrected chi connectivity index (χ1v) is 7.84. The molecule has 0 bridgehead atoms. The van der Waals surface area contributed by atoms with Gasteiger partial charge in [-0.05, 0) is 13.1 Å². The number of ether oxygens (including phenoxy) is 2. The molecule has 114 valence electrons. The van der Waals surface area contributed by atoms with Crippen molar-refractivity contribution in [2.45, 2.75) is 23.6 Å². The van der Waals surface area contributed by atoms with Gasteiger partial charge in [0.2, 0.25) is 10.0 Å². The zero-order valence-electron chi connectivity index (χ0n) is 11.9. The first kappa shape index (κ1) is 15.5. The molecule has 1 saturated heterocycles. The second-order valence-electron chi connectivity index (χ2n) is 4.76. The van der Waals surface area contributed by atoms with Crippen molar-refractivity contribution in [2.75, 3.05) is 34.4 Å². The molecule has 20 heavy (non-hydrogen) atoms. The minimum absolute atomic E-state index is 0.231. The molecule has 2 unspecified atom stereocenters. The maximum atomic E-state index is 12.5. The first-order chi connectivity index (χ1) is 9.52. The summed E-state index contributed by atoms with van der Waals surface area (Å²) in [7, 11) is 1.43. The number of H-pyrrole nitrogens is 1. The van der Waals surface area contributed by atoms with Crippen LogP contribution in [0.25, 0.3) is 0 Å². The Morgan fingerprint density at radius 3 is 2.45 bits per heavy atom. The molecule has 0 spiro atoms. The average molecular weight is 303 g/mol. The Kier molecular flexibility index (Phi) is 4.82. The van der Waals surface area contributed by atoms with E-state index in [9.17, 15) is 8.42 Å². The van der Waals surface area contributed by atoms with Gasteiger partial charge >= 0.3 is 0 Å². The van der Waals surface area contributed by atoms with Gasteiger partial charge in [0, 0.05) is 45.7 Å². The van der Waals surface area contributed by atoms with Crippen molar-refractivity contribution in [2.24, 2.45) is 0 Å². The number of sulfonamides is 1. The lowest BCUT2D eigenvalue weighted by molar-refractivity contribution is -0.00461. The number of aromatic amines is 1. The van der Waals surface area contributed by atoms with Crippen LogP contribution in [0.3, 0.4) is 0 Å². The third-order valence-electron chi connectivity index (χ3n) is 3.51. The number of aromatic nitrogens is 1. The molecule has 0 aromatic carbocycles. The number of hydrogen-bond donors (Lipinski definition) is 2. The predicted molar refractivity (Wildman–Crippen MR) is 73.9 cm³/mol. The SMILES string of the molecule is CNCc1cc(S(=O)(=O)N2CC(OC)C(OC)C2)c[nH]1. The smallest absolute Gasteiger partial charge is 0.244 e. The summed E-state index contributed by atoms with van der Waals surface area (Å²) < 4.78 is 37.0. The molecule has 8 heteroatoms. The molecule has 1 aliphatic heterocycles. The van der Waals surface area contributed by atoms with Crippen LogP contribution in [-0.4, -0.2) is 64.3 Å². The minimum atomic E-state index is -3.51. The number of rotatable bonds is 6. The lowest BCUT2D eigenvalue weighted by atomic mass is 10.3. The molecule has 0 amide bonds. The Balaban J connectivity index is 2.18. The quantitative estimate of drug-likeness (QED) is 0.758. The summed E-state index contributed by atoms with van der Waals surface area (Å²) in [6.45, 7) is 1.21. The maximum Gasteiger partial charge on any atom is 0.244 e. The van der Waals surface area contributed by atoms with Crippen molar-refractivity contribution in [3.05, 3.63) is 18.0 Å². The van der Waals surface area contributed by atoms with Gasteiger partial charge in [-0.15, -0.1) is 0 Å². The minimum Gasteiger partial charge on any atom is -0.377 e. The van der Waals surface area contributed by atoms with E-state index < -0.39 is 10.0 Å². The van der Waals surface area contributed by atoms with Crippen LogP contribution in [0, 0.1) is 0 Å². The van der Waals surface area contributed by atoms with Crippen LogP contribution in [0.1, 0.15) is 5.69 Å². The van der Waals surface area contributed by atoms with Crippen LogP contribution in [0.5, 0.6) is 0 Å². The fraction of sp³-hybridized carbons (Fsp3) is 0.667. The van der Waals surface area contributed by atoms with Crippen molar-refractivity contribution in [1.82, 2.24) is 14.6 Å². The molecule has 0 saturated carbocycles. The lowest BCUT2D eigenvalue weighted by Gasteiger charge is -2.14. The van der Waals surface area contributed by atoms with Gasteiger partial charge in [-0.2, -0.15) is 4.31 Å². The van der Waals surface area contributed by atoms with Gasteiger partial charge in [0.1, 0.15) is 0 Å². The van der Waals surface area contributed by atoms with E-state index in [0.717, 1.165) is 5.69 Å². The monoisotopic (exact) mass is 303 g/mol. The van der Waals surface area contributed by atoms with E-state index in [1.807, 2.05) is 7.05 Å². The third-order valence-corrected chi connectivity index (χ3v) is 5.32.